The maximum Gasteiger partial charge on any atom is 0.416 e. The van der Waals surface area contributed by atoms with Crippen LogP contribution < -0.4 is 10.6 Å². The number of nitrogens with zero attached hydrogens (tertiary/aromatic N) is 2. The summed E-state index contributed by atoms with van der Waals surface area (Å²) in [6.07, 6.45) is -3.74. The Morgan fingerprint density at radius 1 is 1.14 bits per heavy atom. The van der Waals surface area contributed by atoms with Gasteiger partial charge in [-0.05, 0) is 50.7 Å². The van der Waals surface area contributed by atoms with E-state index in [-0.39, 0.29) is 24.1 Å². The molecule has 2 aromatic rings. The molecule has 0 radical (unpaired) electrons. The number of anilines is 1. The van der Waals surface area contributed by atoms with Gasteiger partial charge in [0.25, 0.3) is 0 Å². The normalized spacial score (nSPS) is 23.7. The van der Waals surface area contributed by atoms with E-state index in [0.29, 0.717) is 30.8 Å². The molecule has 6 nitrogen and oxygen atoms in total. The quantitative estimate of drug-likeness (QED) is 0.333. The molecule has 2 aliphatic rings. The number of urea groups is 1. The van der Waals surface area contributed by atoms with Gasteiger partial charge in [0, 0.05) is 36.8 Å². The van der Waals surface area contributed by atoms with Gasteiger partial charge in [-0.3, -0.25) is 3.11 Å². The lowest BCUT2D eigenvalue weighted by Crippen LogP contribution is -2.45. The molecular formula is C25H30F3IN4O2. The lowest BCUT2D eigenvalue weighted by molar-refractivity contribution is -0.138. The Hall–Kier alpha value is -2.05. The molecule has 4 rings (SSSR count). The molecule has 4 atom stereocenters. The molecule has 2 N–H and O–H groups in total. The Balaban J connectivity index is 1.53. The van der Waals surface area contributed by atoms with E-state index in [4.69, 9.17) is 4.74 Å². The first kappa shape index (κ1) is 26.0. The van der Waals surface area contributed by atoms with Crippen LogP contribution in [0.4, 0.5) is 23.7 Å². The van der Waals surface area contributed by atoms with Crippen LogP contribution in [-0.4, -0.2) is 53.9 Å². The van der Waals surface area contributed by atoms with Crippen LogP contribution in [0.3, 0.4) is 0 Å². The SMILES string of the molecule is CN(C)CCN(I)C(=O)NC[C@H]1CC[C@@H]2[C@H](O1)c1cc(C(F)(F)F)ccc1N[C@H]2c1ccccc1. The van der Waals surface area contributed by atoms with Crippen molar-refractivity contribution in [3.8, 4) is 0 Å². The molecular weight excluding hydrogens is 572 g/mol. The number of likely N-dealkylation sites (N-methyl/N-ethyl adjacent to an activating group) is 1. The number of nitrogens with one attached hydrogen (secondary N) is 2. The van der Waals surface area contributed by atoms with Crippen LogP contribution in [0.25, 0.3) is 0 Å². The fourth-order valence-electron chi connectivity index (χ4n) is 4.75. The number of amides is 2. The van der Waals surface area contributed by atoms with E-state index in [9.17, 15) is 18.0 Å². The molecule has 1 saturated heterocycles. The average molecular weight is 602 g/mol. The number of hydrogen-bond donors (Lipinski definition) is 2. The first-order chi connectivity index (χ1) is 16.6. The molecule has 0 spiro atoms. The van der Waals surface area contributed by atoms with Gasteiger partial charge in [0.1, 0.15) is 0 Å². The molecule has 10 heteroatoms. The van der Waals surface area contributed by atoms with E-state index in [1.807, 2.05) is 72.2 Å². The maximum atomic E-state index is 13.5. The molecule has 2 heterocycles. The number of rotatable bonds is 6. The van der Waals surface area contributed by atoms with Gasteiger partial charge in [0.15, 0.2) is 0 Å². The van der Waals surface area contributed by atoms with Gasteiger partial charge in [0.2, 0.25) is 0 Å². The van der Waals surface area contributed by atoms with E-state index < -0.39 is 17.8 Å². The van der Waals surface area contributed by atoms with E-state index >= 15 is 0 Å². The van der Waals surface area contributed by atoms with Crippen molar-refractivity contribution in [2.75, 3.05) is 39.0 Å². The summed E-state index contributed by atoms with van der Waals surface area (Å²) in [6.45, 7) is 1.63. The minimum atomic E-state index is -4.43. The van der Waals surface area contributed by atoms with Crippen molar-refractivity contribution in [2.24, 2.45) is 5.92 Å². The summed E-state index contributed by atoms with van der Waals surface area (Å²) >= 11 is 1.98. The molecule has 2 amide bonds. The van der Waals surface area contributed by atoms with Crippen LogP contribution in [0, 0.1) is 5.92 Å². The Kier molecular flexibility index (Phi) is 8.12. The molecule has 0 bridgehead atoms. The Bertz CT molecular complexity index is 1020. The third-order valence-electron chi connectivity index (χ3n) is 6.58. The number of hydrogen-bond acceptors (Lipinski definition) is 4. The van der Waals surface area contributed by atoms with E-state index in [0.717, 1.165) is 24.6 Å². The van der Waals surface area contributed by atoms with Crippen LogP contribution in [0.1, 0.15) is 41.7 Å². The van der Waals surface area contributed by atoms with Crippen LogP contribution in [0.5, 0.6) is 0 Å². The zero-order valence-corrected chi connectivity index (χ0v) is 21.8. The zero-order valence-electron chi connectivity index (χ0n) is 19.7. The van der Waals surface area contributed by atoms with Gasteiger partial charge in [0.05, 0.1) is 46.7 Å². The van der Waals surface area contributed by atoms with Gasteiger partial charge >= 0.3 is 12.2 Å². The second-order valence-corrected chi connectivity index (χ2v) is 10.5. The van der Waals surface area contributed by atoms with E-state index in [1.165, 1.54) is 12.1 Å². The van der Waals surface area contributed by atoms with Crippen LogP contribution in [0.2, 0.25) is 0 Å². The lowest BCUT2D eigenvalue weighted by Gasteiger charge is -2.46. The highest BCUT2D eigenvalue weighted by Gasteiger charge is 2.43. The molecule has 0 saturated carbocycles. The predicted molar refractivity (Wildman–Crippen MR) is 137 cm³/mol. The largest absolute Gasteiger partial charge is 0.416 e. The standard InChI is InChI=1S/C25H30F3IN4O2/c1-32(2)12-13-33(29)24(34)30-15-18-9-10-19-22(16-6-4-3-5-7-16)31-21-11-8-17(25(26,27)28)14-20(21)23(19)35-18/h3-8,11,14,18-19,22-23,31H,9-10,12-13,15H2,1-2H3,(H,30,34)/t18-,19+,22+,23+/m1/s1. The molecule has 1 fully saturated rings. The van der Waals surface area contributed by atoms with Crippen molar-refractivity contribution in [1.82, 2.24) is 13.3 Å². The van der Waals surface area contributed by atoms with Crippen LogP contribution >= 0.6 is 22.9 Å². The van der Waals surface area contributed by atoms with Crippen molar-refractivity contribution in [1.29, 1.82) is 0 Å². The molecule has 0 aromatic heterocycles. The number of benzene rings is 2. The second kappa shape index (κ2) is 10.9. The van der Waals surface area contributed by atoms with E-state index in [1.54, 1.807) is 3.11 Å². The highest BCUT2D eigenvalue weighted by Crippen LogP contribution is 2.51. The number of carbonyl (C=O) groups is 1. The average Bonchev–Trinajstić information content (AvgIpc) is 2.84. The Morgan fingerprint density at radius 2 is 1.89 bits per heavy atom. The maximum absolute atomic E-state index is 13.5. The second-order valence-electron chi connectivity index (χ2n) is 9.33. The molecule has 2 aromatic carbocycles. The minimum Gasteiger partial charge on any atom is -0.378 e. The topological polar surface area (TPSA) is 56.8 Å². The summed E-state index contributed by atoms with van der Waals surface area (Å²) in [5.41, 5.74) is 1.56. The monoisotopic (exact) mass is 602 g/mol. The zero-order chi connectivity index (χ0) is 25.2. The lowest BCUT2D eigenvalue weighted by atomic mass is 9.76. The van der Waals surface area contributed by atoms with Crippen LogP contribution in [0.15, 0.2) is 48.5 Å². The Morgan fingerprint density at radius 3 is 2.57 bits per heavy atom. The van der Waals surface area contributed by atoms with Gasteiger partial charge < -0.3 is 20.3 Å². The van der Waals surface area contributed by atoms with Crippen molar-refractivity contribution in [2.45, 2.75) is 37.3 Å². The predicted octanol–water partition coefficient (Wildman–Crippen LogP) is 5.63. The first-order valence-electron chi connectivity index (χ1n) is 11.7. The first-order valence-corrected chi connectivity index (χ1v) is 12.6. The number of fused-ring (bicyclic) bond motifs is 3. The van der Waals surface area contributed by atoms with Gasteiger partial charge in [-0.2, -0.15) is 13.2 Å². The smallest absolute Gasteiger partial charge is 0.378 e. The number of halogens is 4. The summed E-state index contributed by atoms with van der Waals surface area (Å²) in [5.74, 6) is -0.0264. The van der Waals surface area contributed by atoms with Gasteiger partial charge in [-0.1, -0.05) is 30.3 Å². The Labute approximate surface area is 217 Å². The highest BCUT2D eigenvalue weighted by molar-refractivity contribution is 14.1. The molecule has 2 aliphatic heterocycles. The van der Waals surface area contributed by atoms with Gasteiger partial charge in [-0.25, -0.2) is 4.79 Å². The summed E-state index contributed by atoms with van der Waals surface area (Å²) in [7, 11) is 3.89. The third-order valence-corrected chi connectivity index (χ3v) is 7.50. The summed E-state index contributed by atoms with van der Waals surface area (Å²) in [6, 6.07) is 13.5. The summed E-state index contributed by atoms with van der Waals surface area (Å²) < 4.78 is 48.4. The molecule has 0 unspecified atom stereocenters. The highest BCUT2D eigenvalue weighted by atomic mass is 127. The third kappa shape index (κ3) is 6.21. The number of ether oxygens (including phenoxy) is 1. The minimum absolute atomic E-state index is 0.0264. The van der Waals surface area contributed by atoms with Crippen molar-refractivity contribution < 1.29 is 22.7 Å². The number of alkyl halides is 3. The number of carbonyl (C=O) groups excluding carboxylic acids is 1. The molecule has 190 valence electrons. The van der Waals surface area contributed by atoms with Crippen molar-refractivity contribution in [3.05, 3.63) is 65.2 Å². The summed E-state index contributed by atoms with van der Waals surface area (Å²) in [4.78, 5) is 14.5. The fourth-order valence-corrected chi connectivity index (χ4v) is 5.14. The summed E-state index contributed by atoms with van der Waals surface area (Å²) in [5, 5.41) is 6.38. The van der Waals surface area contributed by atoms with Gasteiger partial charge in [-0.15, -0.1) is 0 Å². The van der Waals surface area contributed by atoms with Crippen molar-refractivity contribution in [3.63, 3.8) is 0 Å². The van der Waals surface area contributed by atoms with Crippen molar-refractivity contribution >= 4 is 34.6 Å². The molecule has 0 aliphatic carbocycles. The van der Waals surface area contributed by atoms with Crippen LogP contribution in [-0.2, 0) is 10.9 Å². The van der Waals surface area contributed by atoms with E-state index in [2.05, 4.69) is 10.6 Å². The molecule has 35 heavy (non-hydrogen) atoms. The fraction of sp³-hybridized carbons (Fsp3) is 0.480.